The van der Waals surface area contributed by atoms with Gasteiger partial charge in [0.25, 0.3) is 0 Å². The van der Waals surface area contributed by atoms with E-state index < -0.39 is 0 Å². The fourth-order valence-corrected chi connectivity index (χ4v) is 3.52. The van der Waals surface area contributed by atoms with Gasteiger partial charge in [-0.2, -0.15) is 0 Å². The highest BCUT2D eigenvalue weighted by Crippen LogP contribution is 2.24. The molecule has 1 unspecified atom stereocenters. The van der Waals surface area contributed by atoms with Crippen molar-refractivity contribution in [2.75, 3.05) is 25.5 Å². The number of halogens is 1. The van der Waals surface area contributed by atoms with Crippen LogP contribution in [0.3, 0.4) is 0 Å². The minimum atomic E-state index is -0.349. The zero-order chi connectivity index (χ0) is 17.8. The van der Waals surface area contributed by atoms with Gasteiger partial charge >= 0.3 is 5.97 Å². The lowest BCUT2D eigenvalue weighted by Gasteiger charge is -2.31. The van der Waals surface area contributed by atoms with E-state index >= 15 is 0 Å². The maximum Gasteiger partial charge on any atom is 0.337 e. The van der Waals surface area contributed by atoms with Crippen LogP contribution in [0.5, 0.6) is 0 Å². The van der Waals surface area contributed by atoms with Gasteiger partial charge in [0.05, 0.1) is 12.7 Å². The van der Waals surface area contributed by atoms with E-state index in [1.165, 1.54) is 18.4 Å². The maximum atomic E-state index is 12.2. The van der Waals surface area contributed by atoms with Crippen molar-refractivity contribution >= 4 is 40.8 Å². The zero-order valence-electron chi connectivity index (χ0n) is 14.7. The maximum absolute atomic E-state index is 12.2. The molecule has 8 heteroatoms. The van der Waals surface area contributed by atoms with Crippen LogP contribution in [0.25, 0.3) is 0 Å². The van der Waals surface area contributed by atoms with Crippen LogP contribution in [-0.4, -0.2) is 37.1 Å². The number of carbonyl (C=O) groups excluding carboxylic acids is 2. The monoisotopic (exact) mass is 395 g/mol. The number of ether oxygens (including phenoxy) is 1. The molecule has 3 rings (SSSR count). The number of nitrogens with one attached hydrogen (secondary N) is 2. The first-order valence-electron chi connectivity index (χ1n) is 8.20. The van der Waals surface area contributed by atoms with Crippen molar-refractivity contribution < 1.29 is 14.3 Å². The summed E-state index contributed by atoms with van der Waals surface area (Å²) in [5.74, 6) is 0.0458. The van der Waals surface area contributed by atoms with Crippen LogP contribution in [-0.2, 0) is 16.0 Å². The van der Waals surface area contributed by atoms with Crippen LogP contribution in [0.2, 0.25) is 0 Å². The van der Waals surface area contributed by atoms with Gasteiger partial charge in [-0.1, -0.05) is 19.1 Å². The quantitative estimate of drug-likeness (QED) is 0.735. The summed E-state index contributed by atoms with van der Waals surface area (Å²) in [5, 5.41) is 6.70. The Morgan fingerprint density at radius 3 is 2.85 bits per heavy atom. The van der Waals surface area contributed by atoms with Crippen molar-refractivity contribution in [1.82, 2.24) is 10.3 Å². The molecule has 6 nitrogen and oxygen atoms in total. The molecule has 1 atom stereocenters. The molecule has 1 aliphatic rings. The van der Waals surface area contributed by atoms with Crippen molar-refractivity contribution in [1.29, 1.82) is 0 Å². The second-order valence-corrected chi connectivity index (χ2v) is 7.31. The molecule has 0 saturated carbocycles. The molecule has 1 aliphatic heterocycles. The minimum Gasteiger partial charge on any atom is -0.465 e. The summed E-state index contributed by atoms with van der Waals surface area (Å²) in [4.78, 5) is 29.2. The van der Waals surface area contributed by atoms with Crippen molar-refractivity contribution in [3.63, 3.8) is 0 Å². The first kappa shape index (κ1) is 20.4. The number of nitrogens with zero attached hydrogens (tertiary/aromatic N) is 1. The molecule has 26 heavy (non-hydrogen) atoms. The predicted molar refractivity (Wildman–Crippen MR) is 104 cm³/mol. The number of methoxy groups -OCH3 is 1. The standard InChI is InChI=1S/C18H21N3O3S.ClH/c1-11(14-8-19-9-14)16(22)21-18-20-10-15(25-18)7-12-4-3-5-13(6-12)17(23)24-2;/h3-6,10-11,14,19H,7-9H2,1-2H3,(H,20,21,22);1H. The Labute approximate surface area is 162 Å². The number of esters is 1. The Morgan fingerprint density at radius 2 is 2.19 bits per heavy atom. The summed E-state index contributed by atoms with van der Waals surface area (Å²) < 4.78 is 4.74. The van der Waals surface area contributed by atoms with E-state index in [0.29, 0.717) is 23.0 Å². The van der Waals surface area contributed by atoms with Crippen LogP contribution < -0.4 is 10.6 Å². The number of carbonyl (C=O) groups is 2. The van der Waals surface area contributed by atoms with E-state index in [0.717, 1.165) is 23.5 Å². The van der Waals surface area contributed by atoms with Gasteiger partial charge in [-0.15, -0.1) is 23.7 Å². The number of benzene rings is 1. The van der Waals surface area contributed by atoms with E-state index in [2.05, 4.69) is 15.6 Å². The van der Waals surface area contributed by atoms with Crippen LogP contribution in [0.4, 0.5) is 5.13 Å². The summed E-state index contributed by atoms with van der Waals surface area (Å²) in [6, 6.07) is 7.33. The van der Waals surface area contributed by atoms with E-state index in [9.17, 15) is 9.59 Å². The Balaban J connectivity index is 0.00000243. The average Bonchev–Trinajstić information content (AvgIpc) is 2.99. The lowest BCUT2D eigenvalue weighted by Crippen LogP contribution is -2.48. The molecule has 140 valence electrons. The smallest absolute Gasteiger partial charge is 0.337 e. The largest absolute Gasteiger partial charge is 0.465 e. The molecule has 1 saturated heterocycles. The fraction of sp³-hybridized carbons (Fsp3) is 0.389. The van der Waals surface area contributed by atoms with Crippen LogP contribution in [0.1, 0.15) is 27.7 Å². The summed E-state index contributed by atoms with van der Waals surface area (Å²) in [5.41, 5.74) is 1.53. The van der Waals surface area contributed by atoms with Gasteiger partial charge in [-0.25, -0.2) is 9.78 Å². The lowest BCUT2D eigenvalue weighted by molar-refractivity contribution is -0.121. The highest BCUT2D eigenvalue weighted by Gasteiger charge is 2.29. The molecular weight excluding hydrogens is 374 g/mol. The molecule has 0 bridgehead atoms. The minimum absolute atomic E-state index is 0. The molecule has 0 radical (unpaired) electrons. The summed E-state index contributed by atoms with van der Waals surface area (Å²) in [7, 11) is 1.37. The number of thiazole rings is 1. The van der Waals surface area contributed by atoms with E-state index in [-0.39, 0.29) is 30.2 Å². The number of hydrogen-bond donors (Lipinski definition) is 2. The first-order chi connectivity index (χ1) is 12.1. The molecule has 2 N–H and O–H groups in total. The third-order valence-corrected chi connectivity index (χ3v) is 5.36. The number of hydrogen-bond acceptors (Lipinski definition) is 6. The Bertz CT molecular complexity index is 777. The Morgan fingerprint density at radius 1 is 1.42 bits per heavy atom. The normalized spacial score (nSPS) is 14.7. The number of rotatable bonds is 6. The first-order valence-corrected chi connectivity index (χ1v) is 9.02. The molecular formula is C18H22ClN3O3S. The average molecular weight is 396 g/mol. The SMILES string of the molecule is COC(=O)c1cccc(Cc2cnc(NC(=O)C(C)C3CNC3)s2)c1.Cl. The fourth-order valence-electron chi connectivity index (χ4n) is 2.67. The molecule has 1 aromatic carbocycles. The number of aromatic nitrogens is 1. The summed E-state index contributed by atoms with van der Waals surface area (Å²) >= 11 is 1.46. The van der Waals surface area contributed by atoms with Crippen molar-refractivity contribution in [2.24, 2.45) is 11.8 Å². The third-order valence-electron chi connectivity index (χ3n) is 4.44. The number of amides is 1. The van der Waals surface area contributed by atoms with Gasteiger partial charge in [0.2, 0.25) is 5.91 Å². The van der Waals surface area contributed by atoms with Gasteiger partial charge in [0.15, 0.2) is 5.13 Å². The van der Waals surface area contributed by atoms with Gasteiger partial charge in [-0.3, -0.25) is 4.79 Å². The molecule has 0 aliphatic carbocycles. The van der Waals surface area contributed by atoms with E-state index in [4.69, 9.17) is 4.74 Å². The Hall–Kier alpha value is -1.96. The third kappa shape index (κ3) is 4.81. The second-order valence-electron chi connectivity index (χ2n) is 6.20. The lowest BCUT2D eigenvalue weighted by atomic mass is 9.88. The summed E-state index contributed by atoms with van der Waals surface area (Å²) in [6.07, 6.45) is 2.42. The summed E-state index contributed by atoms with van der Waals surface area (Å²) in [6.45, 7) is 3.75. The van der Waals surface area contributed by atoms with E-state index in [1.807, 2.05) is 25.1 Å². The second kappa shape index (κ2) is 9.12. The Kier molecular flexibility index (Phi) is 7.14. The van der Waals surface area contributed by atoms with Crippen LogP contribution >= 0.6 is 23.7 Å². The molecule has 1 fully saturated rings. The van der Waals surface area contributed by atoms with Crippen molar-refractivity contribution in [3.05, 3.63) is 46.5 Å². The van der Waals surface area contributed by atoms with Crippen LogP contribution in [0.15, 0.2) is 30.5 Å². The van der Waals surface area contributed by atoms with E-state index in [1.54, 1.807) is 12.3 Å². The van der Waals surface area contributed by atoms with Gasteiger partial charge in [0, 0.05) is 23.4 Å². The molecule has 1 aromatic heterocycles. The van der Waals surface area contributed by atoms with Crippen molar-refractivity contribution in [2.45, 2.75) is 13.3 Å². The van der Waals surface area contributed by atoms with Gasteiger partial charge in [0.1, 0.15) is 0 Å². The predicted octanol–water partition coefficient (Wildman–Crippen LogP) is 2.74. The van der Waals surface area contributed by atoms with Gasteiger partial charge < -0.3 is 15.4 Å². The van der Waals surface area contributed by atoms with Crippen molar-refractivity contribution in [3.8, 4) is 0 Å². The highest BCUT2D eigenvalue weighted by molar-refractivity contribution is 7.15. The molecule has 1 amide bonds. The molecule has 0 spiro atoms. The zero-order valence-corrected chi connectivity index (χ0v) is 16.3. The highest BCUT2D eigenvalue weighted by atomic mass is 35.5. The molecule has 2 heterocycles. The number of anilines is 1. The van der Waals surface area contributed by atoms with Crippen LogP contribution in [0, 0.1) is 11.8 Å². The topological polar surface area (TPSA) is 80.3 Å². The van der Waals surface area contributed by atoms with Gasteiger partial charge in [-0.05, 0) is 36.7 Å². The molecule has 2 aromatic rings.